The van der Waals surface area contributed by atoms with Crippen LogP contribution in [-0.4, -0.2) is 49.5 Å². The van der Waals surface area contributed by atoms with E-state index in [1.165, 1.54) is 36.8 Å². The van der Waals surface area contributed by atoms with Crippen LogP contribution in [-0.2, 0) is 0 Å². The van der Waals surface area contributed by atoms with Gasteiger partial charge >= 0.3 is 0 Å². The standard InChI is InChI=1S/C18H30N4/c1-15-8-10-16(11-9-15)17(21(2)3)14-20-18(19)22-12-6-4-5-7-13-22/h8-11,17H,4-7,12-14H2,1-3H3,(H2,19,20). The van der Waals surface area contributed by atoms with Crippen molar-refractivity contribution in [3.63, 3.8) is 0 Å². The van der Waals surface area contributed by atoms with E-state index in [-0.39, 0.29) is 6.04 Å². The molecule has 1 aromatic carbocycles. The molecule has 1 aliphatic heterocycles. The van der Waals surface area contributed by atoms with Gasteiger partial charge in [0.2, 0.25) is 0 Å². The van der Waals surface area contributed by atoms with Gasteiger partial charge in [-0.05, 0) is 39.4 Å². The van der Waals surface area contributed by atoms with E-state index in [4.69, 9.17) is 5.73 Å². The fourth-order valence-electron chi connectivity index (χ4n) is 2.94. The number of nitrogens with two attached hydrogens (primary N) is 1. The second-order valence-electron chi connectivity index (χ2n) is 6.49. The molecule has 0 bridgehead atoms. The van der Waals surface area contributed by atoms with Gasteiger partial charge in [-0.15, -0.1) is 0 Å². The van der Waals surface area contributed by atoms with Crippen LogP contribution in [0.3, 0.4) is 0 Å². The topological polar surface area (TPSA) is 44.9 Å². The molecule has 0 spiro atoms. The maximum absolute atomic E-state index is 6.23. The molecule has 0 saturated carbocycles. The summed E-state index contributed by atoms with van der Waals surface area (Å²) in [4.78, 5) is 9.15. The van der Waals surface area contributed by atoms with Crippen LogP contribution in [0.25, 0.3) is 0 Å². The summed E-state index contributed by atoms with van der Waals surface area (Å²) in [5.41, 5.74) is 8.81. The van der Waals surface area contributed by atoms with E-state index in [0.29, 0.717) is 12.5 Å². The molecule has 2 N–H and O–H groups in total. The van der Waals surface area contributed by atoms with Crippen molar-refractivity contribution in [1.82, 2.24) is 9.80 Å². The smallest absolute Gasteiger partial charge is 0.191 e. The van der Waals surface area contributed by atoms with Gasteiger partial charge in [-0.3, -0.25) is 4.99 Å². The maximum Gasteiger partial charge on any atom is 0.191 e. The van der Waals surface area contributed by atoms with Gasteiger partial charge in [-0.2, -0.15) is 0 Å². The van der Waals surface area contributed by atoms with Crippen molar-refractivity contribution in [3.8, 4) is 0 Å². The van der Waals surface area contributed by atoms with Crippen molar-refractivity contribution < 1.29 is 0 Å². The molecule has 0 radical (unpaired) electrons. The molecule has 1 fully saturated rings. The Morgan fingerprint density at radius 3 is 2.27 bits per heavy atom. The van der Waals surface area contributed by atoms with Gasteiger partial charge in [0.15, 0.2) is 5.96 Å². The van der Waals surface area contributed by atoms with Crippen molar-refractivity contribution in [2.45, 2.75) is 38.6 Å². The number of guanidine groups is 1. The summed E-state index contributed by atoms with van der Waals surface area (Å²) in [6.45, 7) is 4.92. The minimum absolute atomic E-state index is 0.270. The first-order chi connectivity index (χ1) is 10.6. The zero-order chi connectivity index (χ0) is 15.9. The Bertz CT molecular complexity index is 470. The summed E-state index contributed by atoms with van der Waals surface area (Å²) >= 11 is 0. The largest absolute Gasteiger partial charge is 0.370 e. The third-order valence-electron chi connectivity index (χ3n) is 4.44. The van der Waals surface area contributed by atoms with Crippen LogP contribution in [0, 0.1) is 6.92 Å². The number of aryl methyl sites for hydroxylation is 1. The van der Waals surface area contributed by atoms with Crippen molar-refractivity contribution >= 4 is 5.96 Å². The molecule has 1 aromatic rings. The Kier molecular flexibility index (Phi) is 6.25. The molecule has 4 heteroatoms. The van der Waals surface area contributed by atoms with Gasteiger partial charge in [0.1, 0.15) is 0 Å². The molecule has 1 atom stereocenters. The van der Waals surface area contributed by atoms with E-state index in [2.05, 4.69) is 60.1 Å². The molecule has 0 aromatic heterocycles. The maximum atomic E-state index is 6.23. The number of rotatable bonds is 4. The summed E-state index contributed by atoms with van der Waals surface area (Å²) < 4.78 is 0. The summed E-state index contributed by atoms with van der Waals surface area (Å²) in [6.07, 6.45) is 5.08. The monoisotopic (exact) mass is 302 g/mol. The minimum atomic E-state index is 0.270. The number of hydrogen-bond donors (Lipinski definition) is 1. The lowest BCUT2D eigenvalue weighted by Gasteiger charge is -2.25. The lowest BCUT2D eigenvalue weighted by molar-refractivity contribution is 0.305. The average molecular weight is 302 g/mol. The Balaban J connectivity index is 2.04. The number of benzene rings is 1. The third-order valence-corrected chi connectivity index (χ3v) is 4.44. The van der Waals surface area contributed by atoms with Crippen LogP contribution < -0.4 is 5.73 Å². The molecule has 1 aliphatic rings. The number of nitrogens with zero attached hydrogens (tertiary/aromatic N) is 3. The lowest BCUT2D eigenvalue weighted by Crippen LogP contribution is -2.38. The van der Waals surface area contributed by atoms with E-state index in [0.717, 1.165) is 13.1 Å². The van der Waals surface area contributed by atoms with Crippen molar-refractivity contribution in [1.29, 1.82) is 0 Å². The Hall–Kier alpha value is -1.55. The molecular formula is C18H30N4. The molecule has 4 nitrogen and oxygen atoms in total. The van der Waals surface area contributed by atoms with Crippen molar-refractivity contribution in [2.75, 3.05) is 33.7 Å². The molecule has 1 unspecified atom stereocenters. The molecule has 22 heavy (non-hydrogen) atoms. The van der Waals surface area contributed by atoms with Gasteiger partial charge in [-0.25, -0.2) is 0 Å². The van der Waals surface area contributed by atoms with Crippen LogP contribution in [0.15, 0.2) is 29.3 Å². The first kappa shape index (κ1) is 16.8. The average Bonchev–Trinajstić information content (AvgIpc) is 2.78. The zero-order valence-corrected chi connectivity index (χ0v) is 14.3. The van der Waals surface area contributed by atoms with Gasteiger partial charge in [0.05, 0.1) is 12.6 Å². The van der Waals surface area contributed by atoms with Crippen LogP contribution in [0.4, 0.5) is 0 Å². The SMILES string of the molecule is Cc1ccc(C(CN=C(N)N2CCCCCC2)N(C)C)cc1. The van der Waals surface area contributed by atoms with E-state index >= 15 is 0 Å². The predicted octanol–water partition coefficient (Wildman–Crippen LogP) is 2.79. The van der Waals surface area contributed by atoms with Crippen LogP contribution in [0.1, 0.15) is 42.9 Å². The highest BCUT2D eigenvalue weighted by atomic mass is 15.3. The summed E-state index contributed by atoms with van der Waals surface area (Å²) in [5, 5.41) is 0. The molecule has 2 rings (SSSR count). The van der Waals surface area contributed by atoms with Crippen molar-refractivity contribution in [3.05, 3.63) is 35.4 Å². The second kappa shape index (κ2) is 8.18. The normalized spacial score (nSPS) is 18.4. The van der Waals surface area contributed by atoms with Gasteiger partial charge in [0.25, 0.3) is 0 Å². The number of likely N-dealkylation sites (tertiary alicyclic amines) is 1. The van der Waals surface area contributed by atoms with Gasteiger partial charge in [0, 0.05) is 13.1 Å². The van der Waals surface area contributed by atoms with E-state index < -0.39 is 0 Å². The number of hydrogen-bond acceptors (Lipinski definition) is 2. The van der Waals surface area contributed by atoms with E-state index in [1.807, 2.05) is 0 Å². The fraction of sp³-hybridized carbons (Fsp3) is 0.611. The van der Waals surface area contributed by atoms with E-state index in [9.17, 15) is 0 Å². The molecule has 1 heterocycles. The summed E-state index contributed by atoms with van der Waals surface area (Å²) in [6, 6.07) is 8.97. The highest BCUT2D eigenvalue weighted by Crippen LogP contribution is 2.19. The molecule has 0 amide bonds. The Morgan fingerprint density at radius 1 is 1.14 bits per heavy atom. The first-order valence-electron chi connectivity index (χ1n) is 8.36. The molecule has 0 aliphatic carbocycles. The predicted molar refractivity (Wildman–Crippen MR) is 94.1 cm³/mol. The highest BCUT2D eigenvalue weighted by molar-refractivity contribution is 5.78. The third kappa shape index (κ3) is 4.73. The van der Waals surface area contributed by atoms with E-state index in [1.54, 1.807) is 0 Å². The Labute approximate surface area is 135 Å². The van der Waals surface area contributed by atoms with Crippen LogP contribution >= 0.6 is 0 Å². The van der Waals surface area contributed by atoms with Crippen LogP contribution in [0.2, 0.25) is 0 Å². The minimum Gasteiger partial charge on any atom is -0.370 e. The number of aliphatic imine (C=N–C) groups is 1. The molecule has 122 valence electrons. The summed E-state index contributed by atoms with van der Waals surface area (Å²) in [7, 11) is 4.20. The quantitative estimate of drug-likeness (QED) is 0.687. The number of likely N-dealkylation sites (N-methyl/N-ethyl adjacent to an activating group) is 1. The van der Waals surface area contributed by atoms with Gasteiger partial charge in [-0.1, -0.05) is 42.7 Å². The molecule has 1 saturated heterocycles. The van der Waals surface area contributed by atoms with Crippen LogP contribution in [0.5, 0.6) is 0 Å². The first-order valence-corrected chi connectivity index (χ1v) is 8.36. The zero-order valence-electron chi connectivity index (χ0n) is 14.3. The Morgan fingerprint density at radius 2 is 1.73 bits per heavy atom. The molecular weight excluding hydrogens is 272 g/mol. The summed E-state index contributed by atoms with van der Waals surface area (Å²) in [5.74, 6) is 0.709. The second-order valence-corrected chi connectivity index (χ2v) is 6.49. The van der Waals surface area contributed by atoms with Crippen molar-refractivity contribution in [2.24, 2.45) is 10.7 Å². The lowest BCUT2D eigenvalue weighted by atomic mass is 10.0. The van der Waals surface area contributed by atoms with Gasteiger partial charge < -0.3 is 15.5 Å². The fourth-order valence-corrected chi connectivity index (χ4v) is 2.94. The highest BCUT2D eigenvalue weighted by Gasteiger charge is 2.15.